The molecule has 8 heteroatoms. The molecule has 3 aromatic rings. The monoisotopic (exact) mass is 373 g/mol. The van der Waals surface area contributed by atoms with Crippen LogP contribution in [0.5, 0.6) is 0 Å². The molecule has 0 radical (unpaired) electrons. The first-order valence-electron chi connectivity index (χ1n) is 7.36. The van der Waals surface area contributed by atoms with E-state index in [4.69, 9.17) is 4.74 Å². The van der Waals surface area contributed by atoms with Crippen molar-refractivity contribution in [1.82, 2.24) is 14.8 Å². The van der Waals surface area contributed by atoms with E-state index in [1.807, 2.05) is 31.6 Å². The van der Waals surface area contributed by atoms with Crippen LogP contribution in [0.25, 0.3) is 10.6 Å². The topological polar surface area (TPSA) is 74.1 Å². The van der Waals surface area contributed by atoms with Crippen molar-refractivity contribution in [2.75, 3.05) is 12.9 Å². The number of carbonyl (C=O) groups excluding carboxylic acids is 2. The lowest BCUT2D eigenvalue weighted by atomic mass is 10.1. The van der Waals surface area contributed by atoms with Gasteiger partial charge in [-0.05, 0) is 18.4 Å². The molecule has 25 heavy (non-hydrogen) atoms. The van der Waals surface area contributed by atoms with Gasteiger partial charge in [0, 0.05) is 34.6 Å². The fraction of sp³-hybridized carbons (Fsp3) is 0.176. The molecular weight excluding hydrogens is 358 g/mol. The number of thioether (sulfide) groups is 1. The first-order valence-corrected chi connectivity index (χ1v) is 9.46. The summed E-state index contributed by atoms with van der Waals surface area (Å²) in [5.41, 5.74) is 1.53. The predicted molar refractivity (Wildman–Crippen MR) is 97.2 cm³/mol. The van der Waals surface area contributed by atoms with Crippen LogP contribution in [0.1, 0.15) is 20.8 Å². The maximum absolute atomic E-state index is 12.1. The highest BCUT2D eigenvalue weighted by atomic mass is 32.2. The van der Waals surface area contributed by atoms with Gasteiger partial charge in [0.2, 0.25) is 0 Å². The maximum Gasteiger partial charge on any atom is 0.358 e. The van der Waals surface area contributed by atoms with Gasteiger partial charge in [0.15, 0.2) is 18.1 Å². The second kappa shape index (κ2) is 7.62. The van der Waals surface area contributed by atoms with Crippen LogP contribution in [0.15, 0.2) is 46.9 Å². The fourth-order valence-electron chi connectivity index (χ4n) is 2.10. The summed E-state index contributed by atoms with van der Waals surface area (Å²) in [6, 6.07) is 7.18. The van der Waals surface area contributed by atoms with Gasteiger partial charge in [-0.3, -0.25) is 9.48 Å². The zero-order chi connectivity index (χ0) is 17.8. The van der Waals surface area contributed by atoms with Crippen molar-refractivity contribution in [3.8, 4) is 10.6 Å². The van der Waals surface area contributed by atoms with E-state index in [2.05, 4.69) is 10.1 Å². The Morgan fingerprint density at radius 3 is 2.68 bits per heavy atom. The smallest absolute Gasteiger partial charge is 0.358 e. The highest BCUT2D eigenvalue weighted by Crippen LogP contribution is 2.23. The van der Waals surface area contributed by atoms with Crippen molar-refractivity contribution in [2.45, 2.75) is 4.90 Å². The molecule has 0 bridgehead atoms. The van der Waals surface area contributed by atoms with Crippen molar-refractivity contribution in [3.63, 3.8) is 0 Å². The minimum absolute atomic E-state index is 0.189. The van der Waals surface area contributed by atoms with Crippen molar-refractivity contribution in [3.05, 3.63) is 53.3 Å². The Bertz CT molecular complexity index is 900. The average molecular weight is 373 g/mol. The van der Waals surface area contributed by atoms with E-state index in [9.17, 15) is 9.59 Å². The van der Waals surface area contributed by atoms with E-state index >= 15 is 0 Å². The molecular formula is C17H15N3O3S2. The van der Waals surface area contributed by atoms with Crippen LogP contribution in [0.3, 0.4) is 0 Å². The van der Waals surface area contributed by atoms with Crippen LogP contribution in [0.4, 0.5) is 0 Å². The van der Waals surface area contributed by atoms with Crippen molar-refractivity contribution in [2.24, 2.45) is 7.05 Å². The highest BCUT2D eigenvalue weighted by Gasteiger charge is 2.16. The minimum Gasteiger partial charge on any atom is -0.453 e. The molecule has 0 N–H and O–H groups in total. The number of ketones is 1. The van der Waals surface area contributed by atoms with Crippen molar-refractivity contribution >= 4 is 34.9 Å². The molecule has 128 valence electrons. The average Bonchev–Trinajstić information content (AvgIpc) is 3.28. The number of aromatic nitrogens is 3. The Kier molecular flexibility index (Phi) is 5.30. The quantitative estimate of drug-likeness (QED) is 0.375. The molecule has 0 unspecified atom stereocenters. The number of ether oxygens (including phenoxy) is 1. The Labute approximate surface area is 152 Å². The summed E-state index contributed by atoms with van der Waals surface area (Å²) in [4.78, 5) is 29.5. The lowest BCUT2D eigenvalue weighted by Gasteiger charge is -2.03. The van der Waals surface area contributed by atoms with Crippen molar-refractivity contribution in [1.29, 1.82) is 0 Å². The number of hydrogen-bond acceptors (Lipinski definition) is 7. The standard InChI is InChI=1S/C17H15N3O3S2/c1-20-8-12(7-18-20)16-19-14(10-25-16)17(22)23-9-15(21)11-3-5-13(24-2)6-4-11/h3-8,10H,9H2,1-2H3. The Hall–Kier alpha value is -2.45. The Morgan fingerprint density at radius 2 is 2.04 bits per heavy atom. The second-order valence-electron chi connectivity index (χ2n) is 5.17. The van der Waals surface area contributed by atoms with E-state index in [0.29, 0.717) is 10.6 Å². The number of rotatable bonds is 6. The Balaban J connectivity index is 1.60. The van der Waals surface area contributed by atoms with E-state index in [1.165, 1.54) is 11.3 Å². The lowest BCUT2D eigenvalue weighted by molar-refractivity contribution is 0.0470. The molecule has 6 nitrogen and oxygen atoms in total. The zero-order valence-electron chi connectivity index (χ0n) is 13.6. The molecule has 1 aromatic carbocycles. The summed E-state index contributed by atoms with van der Waals surface area (Å²) < 4.78 is 6.75. The van der Waals surface area contributed by atoms with Crippen LogP contribution in [0.2, 0.25) is 0 Å². The summed E-state index contributed by atoms with van der Waals surface area (Å²) >= 11 is 2.92. The predicted octanol–water partition coefficient (Wildman–Crippen LogP) is 3.31. The van der Waals surface area contributed by atoms with Crippen LogP contribution >= 0.6 is 23.1 Å². The third kappa shape index (κ3) is 4.15. The number of esters is 1. The van der Waals surface area contributed by atoms with E-state index in [1.54, 1.807) is 40.2 Å². The summed E-state index contributed by atoms with van der Waals surface area (Å²) in [5.74, 6) is -0.857. The van der Waals surface area contributed by atoms with Crippen LogP contribution in [0, 0.1) is 0 Å². The summed E-state index contributed by atoms with van der Waals surface area (Å²) in [7, 11) is 1.81. The SMILES string of the molecule is CSc1ccc(C(=O)COC(=O)c2csc(-c3cnn(C)c3)n2)cc1. The normalized spacial score (nSPS) is 10.6. The van der Waals surface area contributed by atoms with Gasteiger partial charge in [-0.2, -0.15) is 5.10 Å². The molecule has 0 atom stereocenters. The lowest BCUT2D eigenvalue weighted by Crippen LogP contribution is -2.14. The van der Waals surface area contributed by atoms with E-state index < -0.39 is 5.97 Å². The Morgan fingerprint density at radius 1 is 1.28 bits per heavy atom. The van der Waals surface area contributed by atoms with E-state index in [0.717, 1.165) is 10.5 Å². The van der Waals surface area contributed by atoms with Gasteiger partial charge in [0.05, 0.1) is 6.20 Å². The molecule has 0 aliphatic heterocycles. The summed E-state index contributed by atoms with van der Waals surface area (Å²) in [6.45, 7) is -0.308. The summed E-state index contributed by atoms with van der Waals surface area (Å²) in [6.07, 6.45) is 5.46. The molecule has 0 amide bonds. The highest BCUT2D eigenvalue weighted by molar-refractivity contribution is 7.98. The fourth-order valence-corrected chi connectivity index (χ4v) is 3.27. The number of benzene rings is 1. The third-order valence-corrected chi connectivity index (χ3v) is 5.05. The number of hydrogen-bond donors (Lipinski definition) is 0. The van der Waals surface area contributed by atoms with Gasteiger partial charge in [-0.25, -0.2) is 9.78 Å². The van der Waals surface area contributed by atoms with Gasteiger partial charge in [-0.15, -0.1) is 23.1 Å². The number of carbonyl (C=O) groups is 2. The molecule has 2 heterocycles. The molecule has 0 aliphatic rings. The number of aryl methyl sites for hydroxylation is 1. The molecule has 2 aromatic heterocycles. The van der Waals surface area contributed by atoms with Crippen LogP contribution in [-0.2, 0) is 11.8 Å². The maximum atomic E-state index is 12.1. The molecule has 0 saturated heterocycles. The minimum atomic E-state index is -0.611. The molecule has 0 fully saturated rings. The van der Waals surface area contributed by atoms with Crippen LogP contribution < -0.4 is 0 Å². The first-order chi connectivity index (χ1) is 12.1. The van der Waals surface area contributed by atoms with E-state index in [-0.39, 0.29) is 18.1 Å². The first kappa shape index (κ1) is 17.4. The number of nitrogens with zero attached hydrogens (tertiary/aromatic N) is 3. The number of Topliss-reactive ketones (excluding diaryl/α,β-unsaturated/α-hetero) is 1. The zero-order valence-corrected chi connectivity index (χ0v) is 15.3. The van der Waals surface area contributed by atoms with Crippen molar-refractivity contribution < 1.29 is 14.3 Å². The largest absolute Gasteiger partial charge is 0.453 e. The molecule has 0 spiro atoms. The molecule has 3 rings (SSSR count). The van der Waals surface area contributed by atoms with Gasteiger partial charge in [0.1, 0.15) is 5.01 Å². The molecule has 0 saturated carbocycles. The number of thiazole rings is 1. The van der Waals surface area contributed by atoms with Gasteiger partial charge < -0.3 is 4.74 Å². The van der Waals surface area contributed by atoms with Gasteiger partial charge in [0.25, 0.3) is 0 Å². The van der Waals surface area contributed by atoms with Crippen LogP contribution in [-0.4, -0.2) is 39.4 Å². The molecule has 0 aliphatic carbocycles. The second-order valence-corrected chi connectivity index (χ2v) is 6.91. The van der Waals surface area contributed by atoms with Gasteiger partial charge in [-0.1, -0.05) is 12.1 Å². The summed E-state index contributed by atoms with van der Waals surface area (Å²) in [5, 5.41) is 6.37. The van der Waals surface area contributed by atoms with Gasteiger partial charge >= 0.3 is 5.97 Å². The third-order valence-electron chi connectivity index (χ3n) is 3.41.